The maximum Gasteiger partial charge on any atom is 0.0701 e. The summed E-state index contributed by atoms with van der Waals surface area (Å²) in [6, 6.07) is 0.648. The monoisotopic (exact) mass is 302 g/mol. The molecule has 2 atom stereocenters. The molecule has 0 saturated heterocycles. The molecule has 2 N–H and O–H groups in total. The quantitative estimate of drug-likeness (QED) is 0.554. The number of rotatable bonds is 12. The van der Waals surface area contributed by atoms with Crippen molar-refractivity contribution >= 4 is 0 Å². The molecule has 1 saturated carbocycles. The van der Waals surface area contributed by atoms with Crippen LogP contribution in [-0.2, 0) is 14.2 Å². The molecule has 5 heteroatoms. The highest BCUT2D eigenvalue weighted by Gasteiger charge is 2.28. The Kier molecular flexibility index (Phi) is 11.1. The third-order valence-electron chi connectivity index (χ3n) is 4.37. The molecule has 0 aromatic heterocycles. The van der Waals surface area contributed by atoms with E-state index in [2.05, 4.69) is 11.8 Å². The second-order valence-corrected chi connectivity index (χ2v) is 5.69. The molecule has 0 aliphatic heterocycles. The van der Waals surface area contributed by atoms with Gasteiger partial charge in [-0.2, -0.15) is 0 Å². The van der Waals surface area contributed by atoms with E-state index in [0.29, 0.717) is 38.4 Å². The fourth-order valence-electron chi connectivity index (χ4n) is 3.15. The molecule has 0 heterocycles. The molecule has 0 spiro atoms. The maximum atomic E-state index is 5.94. The SMILES string of the molecule is CCN(CCOCCOCCOC)C1CCCCC1CN. The molecule has 1 fully saturated rings. The summed E-state index contributed by atoms with van der Waals surface area (Å²) in [4.78, 5) is 2.54. The molecule has 0 radical (unpaired) electrons. The van der Waals surface area contributed by atoms with E-state index in [1.807, 2.05) is 0 Å². The van der Waals surface area contributed by atoms with Gasteiger partial charge in [-0.3, -0.25) is 4.90 Å². The summed E-state index contributed by atoms with van der Waals surface area (Å²) in [5.41, 5.74) is 5.94. The Morgan fingerprint density at radius 3 is 2.33 bits per heavy atom. The lowest BCUT2D eigenvalue weighted by molar-refractivity contribution is 0.0117. The van der Waals surface area contributed by atoms with Gasteiger partial charge < -0.3 is 19.9 Å². The van der Waals surface area contributed by atoms with Crippen LogP contribution in [0.1, 0.15) is 32.6 Å². The number of methoxy groups -OCH3 is 1. The fourth-order valence-corrected chi connectivity index (χ4v) is 3.15. The minimum absolute atomic E-state index is 0.640. The Bertz CT molecular complexity index is 242. The molecule has 0 bridgehead atoms. The topological polar surface area (TPSA) is 57.0 Å². The molecule has 0 aromatic rings. The number of likely N-dealkylation sites (N-methyl/N-ethyl adjacent to an activating group) is 1. The lowest BCUT2D eigenvalue weighted by Crippen LogP contribution is -2.46. The minimum Gasteiger partial charge on any atom is -0.382 e. The average molecular weight is 302 g/mol. The number of nitrogens with zero attached hydrogens (tertiary/aromatic N) is 1. The van der Waals surface area contributed by atoms with Crippen LogP contribution in [0.2, 0.25) is 0 Å². The predicted octanol–water partition coefficient (Wildman–Crippen LogP) is 1.51. The number of hydrogen-bond acceptors (Lipinski definition) is 5. The Morgan fingerprint density at radius 2 is 1.67 bits per heavy atom. The predicted molar refractivity (Wildman–Crippen MR) is 85.6 cm³/mol. The van der Waals surface area contributed by atoms with Crippen LogP contribution in [0, 0.1) is 5.92 Å². The van der Waals surface area contributed by atoms with Crippen LogP contribution in [0.5, 0.6) is 0 Å². The number of nitrogens with two attached hydrogens (primary N) is 1. The summed E-state index contributed by atoms with van der Waals surface area (Å²) in [5.74, 6) is 0.663. The summed E-state index contributed by atoms with van der Waals surface area (Å²) in [6.45, 7) is 8.48. The maximum absolute atomic E-state index is 5.94. The zero-order valence-corrected chi connectivity index (χ0v) is 13.9. The summed E-state index contributed by atoms with van der Waals surface area (Å²) in [7, 11) is 1.68. The fraction of sp³-hybridized carbons (Fsp3) is 1.00. The van der Waals surface area contributed by atoms with Crippen molar-refractivity contribution in [3.05, 3.63) is 0 Å². The van der Waals surface area contributed by atoms with Crippen LogP contribution >= 0.6 is 0 Å². The second-order valence-electron chi connectivity index (χ2n) is 5.69. The van der Waals surface area contributed by atoms with Crippen LogP contribution < -0.4 is 5.73 Å². The third kappa shape index (κ3) is 7.56. The molecule has 0 amide bonds. The number of ether oxygens (including phenoxy) is 3. The van der Waals surface area contributed by atoms with Crippen molar-refractivity contribution in [2.75, 3.05) is 59.8 Å². The standard InChI is InChI=1S/C16H34N2O3/c1-3-18(16-7-5-4-6-15(16)14-17)8-9-20-12-13-21-11-10-19-2/h15-16H,3-14,17H2,1-2H3. The van der Waals surface area contributed by atoms with E-state index < -0.39 is 0 Å². The van der Waals surface area contributed by atoms with Crippen LogP contribution in [0.15, 0.2) is 0 Å². The molecule has 1 aliphatic rings. The van der Waals surface area contributed by atoms with Gasteiger partial charge in [0.25, 0.3) is 0 Å². The van der Waals surface area contributed by atoms with Crippen molar-refractivity contribution in [3.8, 4) is 0 Å². The van der Waals surface area contributed by atoms with E-state index in [9.17, 15) is 0 Å². The lowest BCUT2D eigenvalue weighted by atomic mass is 9.83. The van der Waals surface area contributed by atoms with Gasteiger partial charge in [0.05, 0.1) is 33.0 Å². The van der Waals surface area contributed by atoms with Gasteiger partial charge >= 0.3 is 0 Å². The van der Waals surface area contributed by atoms with Gasteiger partial charge in [-0.25, -0.2) is 0 Å². The van der Waals surface area contributed by atoms with E-state index in [1.165, 1.54) is 25.7 Å². The average Bonchev–Trinajstić information content (AvgIpc) is 2.53. The zero-order valence-electron chi connectivity index (χ0n) is 13.9. The van der Waals surface area contributed by atoms with Crippen molar-refractivity contribution in [1.82, 2.24) is 4.90 Å². The molecule has 5 nitrogen and oxygen atoms in total. The van der Waals surface area contributed by atoms with E-state index in [0.717, 1.165) is 26.2 Å². The van der Waals surface area contributed by atoms with Crippen molar-refractivity contribution < 1.29 is 14.2 Å². The van der Waals surface area contributed by atoms with Crippen LogP contribution in [0.3, 0.4) is 0 Å². The van der Waals surface area contributed by atoms with E-state index in [4.69, 9.17) is 19.9 Å². The first-order chi connectivity index (χ1) is 10.3. The van der Waals surface area contributed by atoms with Gasteiger partial charge in [-0.1, -0.05) is 19.8 Å². The van der Waals surface area contributed by atoms with Crippen molar-refractivity contribution in [1.29, 1.82) is 0 Å². The van der Waals surface area contributed by atoms with Crippen LogP contribution in [0.25, 0.3) is 0 Å². The van der Waals surface area contributed by atoms with Gasteiger partial charge in [0.2, 0.25) is 0 Å². The highest BCUT2D eigenvalue weighted by Crippen LogP contribution is 2.27. The Balaban J connectivity index is 2.12. The van der Waals surface area contributed by atoms with Gasteiger partial charge in [0, 0.05) is 19.7 Å². The second kappa shape index (κ2) is 12.4. The first-order valence-electron chi connectivity index (χ1n) is 8.42. The van der Waals surface area contributed by atoms with Gasteiger partial charge in [-0.15, -0.1) is 0 Å². The van der Waals surface area contributed by atoms with Crippen LogP contribution in [-0.4, -0.2) is 70.7 Å². The molecule has 126 valence electrons. The molecular formula is C16H34N2O3. The smallest absolute Gasteiger partial charge is 0.0701 e. The minimum atomic E-state index is 0.640. The zero-order chi connectivity index (χ0) is 15.3. The van der Waals surface area contributed by atoms with Crippen molar-refractivity contribution in [2.24, 2.45) is 11.7 Å². The molecule has 1 rings (SSSR count). The first-order valence-corrected chi connectivity index (χ1v) is 8.42. The summed E-state index contributed by atoms with van der Waals surface area (Å²) < 4.78 is 16.0. The van der Waals surface area contributed by atoms with Crippen LogP contribution in [0.4, 0.5) is 0 Å². The van der Waals surface area contributed by atoms with Gasteiger partial charge in [0.15, 0.2) is 0 Å². The van der Waals surface area contributed by atoms with E-state index in [-0.39, 0.29) is 0 Å². The van der Waals surface area contributed by atoms with Gasteiger partial charge in [-0.05, 0) is 31.8 Å². The molecule has 1 aliphatic carbocycles. The lowest BCUT2D eigenvalue weighted by Gasteiger charge is -2.39. The normalized spacial score (nSPS) is 22.9. The molecule has 21 heavy (non-hydrogen) atoms. The molecular weight excluding hydrogens is 268 g/mol. The molecule has 2 unspecified atom stereocenters. The van der Waals surface area contributed by atoms with E-state index in [1.54, 1.807) is 7.11 Å². The van der Waals surface area contributed by atoms with Crippen molar-refractivity contribution in [3.63, 3.8) is 0 Å². The highest BCUT2D eigenvalue weighted by atomic mass is 16.5. The summed E-state index contributed by atoms with van der Waals surface area (Å²) >= 11 is 0. The summed E-state index contributed by atoms with van der Waals surface area (Å²) in [5, 5.41) is 0. The Morgan fingerprint density at radius 1 is 1.00 bits per heavy atom. The Labute approximate surface area is 130 Å². The first kappa shape index (κ1) is 18.8. The van der Waals surface area contributed by atoms with Crippen molar-refractivity contribution in [2.45, 2.75) is 38.6 Å². The highest BCUT2D eigenvalue weighted by molar-refractivity contribution is 4.83. The molecule has 0 aromatic carbocycles. The van der Waals surface area contributed by atoms with Gasteiger partial charge in [0.1, 0.15) is 0 Å². The Hall–Kier alpha value is -0.200. The van der Waals surface area contributed by atoms with E-state index >= 15 is 0 Å². The number of hydrogen-bond donors (Lipinski definition) is 1. The largest absolute Gasteiger partial charge is 0.382 e. The third-order valence-corrected chi connectivity index (χ3v) is 4.37. The summed E-state index contributed by atoms with van der Waals surface area (Å²) in [6.07, 6.45) is 5.25.